The highest BCUT2D eigenvalue weighted by Gasteiger charge is 2.19. The molecule has 0 aromatic heterocycles. The lowest BCUT2D eigenvalue weighted by Crippen LogP contribution is -2.30. The third-order valence-corrected chi connectivity index (χ3v) is 10.8. The molecule has 342 valence electrons. The number of allylic oxidation sites excluding steroid dienone is 8. The second-order valence-corrected chi connectivity index (χ2v) is 16.7. The summed E-state index contributed by atoms with van der Waals surface area (Å²) in [4.78, 5) is 37.9. The standard InChI is InChI=1S/C53H94O6/c1-4-7-10-13-16-19-22-24-26-27-28-30-31-34-37-40-43-46-52(55)58-49-50(48-57-51(54)45-42-39-36-33-21-18-15-12-9-6-3)59-53(56)47-44-41-38-35-32-29-25-23-20-17-14-11-8-5-2/h7,10,16,19,24,26,28,30,50H,4-6,8-9,11-15,17-18,20-23,25,27,29,31-49H2,1-3H3/b10-7-,19-16-,26-24-,30-28-. The second-order valence-electron chi connectivity index (χ2n) is 16.7. The van der Waals surface area contributed by atoms with Gasteiger partial charge in [0.05, 0.1) is 0 Å². The predicted molar refractivity (Wildman–Crippen MR) is 252 cm³/mol. The Morgan fingerprint density at radius 3 is 1.03 bits per heavy atom. The Balaban J connectivity index is 4.37. The molecule has 0 aromatic carbocycles. The first-order valence-electron chi connectivity index (χ1n) is 25.1. The van der Waals surface area contributed by atoms with Crippen LogP contribution in [-0.4, -0.2) is 37.2 Å². The smallest absolute Gasteiger partial charge is 0.306 e. The van der Waals surface area contributed by atoms with Gasteiger partial charge in [-0.2, -0.15) is 0 Å². The Bertz CT molecular complexity index is 1040. The van der Waals surface area contributed by atoms with Gasteiger partial charge in [0.1, 0.15) is 13.2 Å². The van der Waals surface area contributed by atoms with Gasteiger partial charge in [-0.05, 0) is 57.8 Å². The Labute approximate surface area is 365 Å². The van der Waals surface area contributed by atoms with Crippen molar-refractivity contribution in [1.29, 1.82) is 0 Å². The third kappa shape index (κ3) is 46.3. The minimum Gasteiger partial charge on any atom is -0.462 e. The normalized spacial score (nSPS) is 12.4. The van der Waals surface area contributed by atoms with Crippen LogP contribution >= 0.6 is 0 Å². The van der Waals surface area contributed by atoms with Crippen molar-refractivity contribution in [3.05, 3.63) is 48.6 Å². The Morgan fingerprint density at radius 2 is 0.661 bits per heavy atom. The van der Waals surface area contributed by atoms with E-state index < -0.39 is 6.10 Å². The summed E-state index contributed by atoms with van der Waals surface area (Å²) in [5.74, 6) is -0.896. The maximum absolute atomic E-state index is 12.8. The number of hydrogen-bond acceptors (Lipinski definition) is 6. The van der Waals surface area contributed by atoms with Gasteiger partial charge >= 0.3 is 17.9 Å². The SMILES string of the molecule is CC/C=C\C/C=C\C/C=C\C/C=C\CCCCCCC(=O)OCC(COC(=O)CCCCCCCCCCCC)OC(=O)CCCCCCCCCCCCCCCC. The molecule has 0 heterocycles. The summed E-state index contributed by atoms with van der Waals surface area (Å²) >= 11 is 0. The topological polar surface area (TPSA) is 78.9 Å². The summed E-state index contributed by atoms with van der Waals surface area (Å²) in [5.41, 5.74) is 0. The van der Waals surface area contributed by atoms with Gasteiger partial charge in [0, 0.05) is 19.3 Å². The predicted octanol–water partition coefficient (Wildman–Crippen LogP) is 16.3. The molecule has 0 spiro atoms. The largest absolute Gasteiger partial charge is 0.462 e. The molecule has 59 heavy (non-hydrogen) atoms. The fourth-order valence-corrected chi connectivity index (χ4v) is 7.08. The Hall–Kier alpha value is -2.63. The lowest BCUT2D eigenvalue weighted by molar-refractivity contribution is -0.167. The van der Waals surface area contributed by atoms with E-state index in [0.29, 0.717) is 19.3 Å². The molecular weight excluding hydrogens is 733 g/mol. The van der Waals surface area contributed by atoms with Gasteiger partial charge < -0.3 is 14.2 Å². The zero-order chi connectivity index (χ0) is 43.0. The van der Waals surface area contributed by atoms with E-state index in [0.717, 1.165) is 96.3 Å². The van der Waals surface area contributed by atoms with Gasteiger partial charge in [-0.15, -0.1) is 0 Å². The van der Waals surface area contributed by atoms with Crippen LogP contribution in [0.3, 0.4) is 0 Å². The number of hydrogen-bond donors (Lipinski definition) is 0. The van der Waals surface area contributed by atoms with E-state index in [2.05, 4.69) is 69.4 Å². The molecule has 0 amide bonds. The van der Waals surface area contributed by atoms with Crippen molar-refractivity contribution in [3.8, 4) is 0 Å². The molecule has 0 aliphatic heterocycles. The molecule has 0 aliphatic carbocycles. The van der Waals surface area contributed by atoms with Gasteiger partial charge in [0.2, 0.25) is 0 Å². The molecular formula is C53H94O6. The molecule has 0 bridgehead atoms. The van der Waals surface area contributed by atoms with Crippen molar-refractivity contribution in [2.24, 2.45) is 0 Å². The maximum atomic E-state index is 12.8. The summed E-state index contributed by atoms with van der Waals surface area (Å²) in [6.45, 7) is 6.50. The van der Waals surface area contributed by atoms with Crippen molar-refractivity contribution >= 4 is 17.9 Å². The van der Waals surface area contributed by atoms with E-state index in [1.807, 2.05) is 0 Å². The van der Waals surface area contributed by atoms with E-state index in [1.165, 1.54) is 116 Å². The van der Waals surface area contributed by atoms with Crippen LogP contribution < -0.4 is 0 Å². The van der Waals surface area contributed by atoms with Crippen molar-refractivity contribution in [2.45, 2.75) is 258 Å². The van der Waals surface area contributed by atoms with E-state index in [-0.39, 0.29) is 31.1 Å². The molecule has 0 saturated carbocycles. The van der Waals surface area contributed by atoms with Crippen LogP contribution in [0.4, 0.5) is 0 Å². The van der Waals surface area contributed by atoms with E-state index in [9.17, 15) is 14.4 Å². The summed E-state index contributed by atoms with van der Waals surface area (Å²) in [7, 11) is 0. The Kier molecular flexibility index (Phi) is 45.9. The molecule has 0 saturated heterocycles. The van der Waals surface area contributed by atoms with Crippen LogP contribution in [0.5, 0.6) is 0 Å². The zero-order valence-electron chi connectivity index (χ0n) is 39.0. The molecule has 0 rings (SSSR count). The molecule has 0 aliphatic rings. The van der Waals surface area contributed by atoms with E-state index in [4.69, 9.17) is 14.2 Å². The molecule has 6 nitrogen and oxygen atoms in total. The first kappa shape index (κ1) is 56.4. The van der Waals surface area contributed by atoms with Crippen LogP contribution in [0, 0.1) is 0 Å². The Morgan fingerprint density at radius 1 is 0.356 bits per heavy atom. The van der Waals surface area contributed by atoms with Crippen LogP contribution in [0.25, 0.3) is 0 Å². The van der Waals surface area contributed by atoms with Gasteiger partial charge in [-0.1, -0.05) is 223 Å². The van der Waals surface area contributed by atoms with Crippen LogP contribution in [0.15, 0.2) is 48.6 Å². The summed E-state index contributed by atoms with van der Waals surface area (Å²) in [6, 6.07) is 0. The molecule has 6 heteroatoms. The van der Waals surface area contributed by atoms with Crippen molar-refractivity contribution in [1.82, 2.24) is 0 Å². The molecule has 0 fully saturated rings. The van der Waals surface area contributed by atoms with Crippen LogP contribution in [0.1, 0.15) is 252 Å². The zero-order valence-corrected chi connectivity index (χ0v) is 39.0. The highest BCUT2D eigenvalue weighted by Crippen LogP contribution is 2.15. The van der Waals surface area contributed by atoms with Crippen LogP contribution in [0.2, 0.25) is 0 Å². The lowest BCUT2D eigenvalue weighted by Gasteiger charge is -2.18. The molecule has 1 unspecified atom stereocenters. The van der Waals surface area contributed by atoms with E-state index >= 15 is 0 Å². The minimum absolute atomic E-state index is 0.0777. The summed E-state index contributed by atoms with van der Waals surface area (Å²) in [5, 5.41) is 0. The highest BCUT2D eigenvalue weighted by atomic mass is 16.6. The number of carbonyl (C=O) groups excluding carboxylic acids is 3. The first-order valence-corrected chi connectivity index (χ1v) is 25.1. The average Bonchev–Trinajstić information content (AvgIpc) is 3.23. The second kappa shape index (κ2) is 48.0. The molecule has 0 N–H and O–H groups in total. The fourth-order valence-electron chi connectivity index (χ4n) is 7.08. The van der Waals surface area contributed by atoms with Crippen molar-refractivity contribution < 1.29 is 28.6 Å². The molecule has 1 atom stereocenters. The number of rotatable bonds is 45. The first-order chi connectivity index (χ1) is 29.0. The number of esters is 3. The summed E-state index contributed by atoms with van der Waals surface area (Å²) in [6.07, 6.45) is 56.6. The number of ether oxygens (including phenoxy) is 3. The van der Waals surface area contributed by atoms with Gasteiger partial charge in [0.15, 0.2) is 6.10 Å². The molecule has 0 radical (unpaired) electrons. The lowest BCUT2D eigenvalue weighted by atomic mass is 10.0. The average molecular weight is 827 g/mol. The maximum Gasteiger partial charge on any atom is 0.306 e. The van der Waals surface area contributed by atoms with Crippen molar-refractivity contribution in [3.63, 3.8) is 0 Å². The number of carbonyl (C=O) groups is 3. The van der Waals surface area contributed by atoms with Crippen LogP contribution in [-0.2, 0) is 28.6 Å². The van der Waals surface area contributed by atoms with Gasteiger partial charge in [0.25, 0.3) is 0 Å². The minimum atomic E-state index is -0.777. The monoisotopic (exact) mass is 827 g/mol. The quantitative estimate of drug-likeness (QED) is 0.0263. The highest BCUT2D eigenvalue weighted by molar-refractivity contribution is 5.71. The van der Waals surface area contributed by atoms with Crippen molar-refractivity contribution in [2.75, 3.05) is 13.2 Å². The van der Waals surface area contributed by atoms with Gasteiger partial charge in [-0.25, -0.2) is 0 Å². The van der Waals surface area contributed by atoms with Gasteiger partial charge in [-0.3, -0.25) is 14.4 Å². The molecule has 0 aromatic rings. The fraction of sp³-hybridized carbons (Fsp3) is 0.792. The van der Waals surface area contributed by atoms with E-state index in [1.54, 1.807) is 0 Å². The third-order valence-electron chi connectivity index (χ3n) is 10.8. The number of unbranched alkanes of at least 4 members (excludes halogenated alkanes) is 26. The summed E-state index contributed by atoms with van der Waals surface area (Å²) < 4.78 is 16.7.